The number of morpholine rings is 1. The van der Waals surface area contributed by atoms with E-state index in [2.05, 4.69) is 6.07 Å². The van der Waals surface area contributed by atoms with Crippen molar-refractivity contribution in [1.82, 2.24) is 0 Å². The molecule has 1 saturated heterocycles. The summed E-state index contributed by atoms with van der Waals surface area (Å²) in [6.07, 6.45) is 0.272. The number of nitrogens with two attached hydrogens (primary N) is 1. The zero-order chi connectivity index (χ0) is 18.0. The van der Waals surface area contributed by atoms with Crippen molar-refractivity contribution in [3.63, 3.8) is 0 Å². The summed E-state index contributed by atoms with van der Waals surface area (Å²) in [4.78, 5) is 13.9. The molecule has 1 fully saturated rings. The van der Waals surface area contributed by atoms with Crippen molar-refractivity contribution in [3.8, 4) is 6.07 Å². The van der Waals surface area contributed by atoms with Gasteiger partial charge in [0.15, 0.2) is 0 Å². The van der Waals surface area contributed by atoms with E-state index in [-0.39, 0.29) is 23.7 Å². The molecule has 2 aromatic rings. The second-order valence-corrected chi connectivity index (χ2v) is 7.06. The Labute approximate surface area is 166 Å². The van der Waals surface area contributed by atoms with E-state index in [4.69, 9.17) is 22.1 Å². The number of thiophene rings is 1. The molecular formula is C17H17Cl2N3O3S. The molecule has 3 rings (SSSR count). The van der Waals surface area contributed by atoms with Gasteiger partial charge in [0.05, 0.1) is 18.8 Å². The highest BCUT2D eigenvalue weighted by atomic mass is 35.5. The highest BCUT2D eigenvalue weighted by molar-refractivity contribution is 7.18. The van der Waals surface area contributed by atoms with Crippen LogP contribution in [-0.2, 0) is 11.2 Å². The Balaban J connectivity index is 0.00000243. The molecule has 1 aliphatic heterocycles. The van der Waals surface area contributed by atoms with Crippen molar-refractivity contribution < 1.29 is 14.6 Å². The van der Waals surface area contributed by atoms with Crippen LogP contribution in [-0.4, -0.2) is 37.4 Å². The van der Waals surface area contributed by atoms with E-state index in [0.717, 1.165) is 16.9 Å². The molecule has 0 unspecified atom stereocenters. The largest absolute Gasteiger partial charge is 0.477 e. The number of aromatic carboxylic acids is 1. The minimum atomic E-state index is -1.04. The maximum Gasteiger partial charge on any atom is 0.346 e. The van der Waals surface area contributed by atoms with Crippen LogP contribution in [0.15, 0.2) is 18.2 Å². The standard InChI is InChI=1S/C17H16ClN3O3S.ClH/c18-11-2-1-10(14(20)8-11)7-12-13(9-19)16(25-15(12)17(22)23)21-3-5-24-6-4-21;/h1-2,8H,3-7,20H2,(H,22,23);1H. The number of nitrogens with zero attached hydrogens (tertiary/aromatic N) is 2. The van der Waals surface area contributed by atoms with Gasteiger partial charge in [-0.25, -0.2) is 4.79 Å². The molecule has 138 valence electrons. The molecule has 3 N–H and O–H groups in total. The van der Waals surface area contributed by atoms with Crippen molar-refractivity contribution in [2.75, 3.05) is 36.9 Å². The molecule has 0 amide bonds. The van der Waals surface area contributed by atoms with Crippen molar-refractivity contribution in [1.29, 1.82) is 5.26 Å². The molecule has 1 aliphatic rings. The number of anilines is 2. The van der Waals surface area contributed by atoms with Crippen LogP contribution in [0.1, 0.15) is 26.4 Å². The van der Waals surface area contributed by atoms with Crippen LogP contribution in [0.2, 0.25) is 5.02 Å². The van der Waals surface area contributed by atoms with Gasteiger partial charge >= 0.3 is 5.97 Å². The highest BCUT2D eigenvalue weighted by Gasteiger charge is 2.27. The Morgan fingerprint density at radius 3 is 2.69 bits per heavy atom. The fourth-order valence-corrected chi connectivity index (χ4v) is 4.16. The van der Waals surface area contributed by atoms with Gasteiger partial charge in [-0.1, -0.05) is 17.7 Å². The van der Waals surface area contributed by atoms with Gasteiger partial charge in [-0.05, 0) is 17.7 Å². The number of nitriles is 1. The molecule has 0 atom stereocenters. The molecule has 1 aromatic heterocycles. The number of hydrogen-bond donors (Lipinski definition) is 2. The average molecular weight is 414 g/mol. The topological polar surface area (TPSA) is 99.6 Å². The van der Waals surface area contributed by atoms with Gasteiger partial charge in [0.1, 0.15) is 15.9 Å². The van der Waals surface area contributed by atoms with Crippen molar-refractivity contribution in [3.05, 3.63) is 44.8 Å². The lowest BCUT2D eigenvalue weighted by Gasteiger charge is -2.27. The maximum atomic E-state index is 11.7. The Bertz CT molecular complexity index is 858. The maximum absolute atomic E-state index is 11.7. The summed E-state index contributed by atoms with van der Waals surface area (Å²) in [5.74, 6) is -1.04. The Kier molecular flexibility index (Phi) is 6.73. The predicted octanol–water partition coefficient (Wildman–Crippen LogP) is 3.40. The third-order valence-corrected chi connectivity index (χ3v) is 5.58. The number of hydrogen-bond acceptors (Lipinski definition) is 6. The quantitative estimate of drug-likeness (QED) is 0.744. The molecule has 2 heterocycles. The Morgan fingerprint density at radius 1 is 1.42 bits per heavy atom. The summed E-state index contributed by atoms with van der Waals surface area (Å²) in [6, 6.07) is 7.27. The van der Waals surface area contributed by atoms with Gasteiger partial charge in [0.2, 0.25) is 0 Å². The normalized spacial score (nSPS) is 13.8. The third-order valence-electron chi connectivity index (χ3n) is 4.07. The first kappa shape index (κ1) is 20.3. The van der Waals surface area contributed by atoms with Crippen molar-refractivity contribution in [2.24, 2.45) is 0 Å². The van der Waals surface area contributed by atoms with Crippen LogP contribution in [0.4, 0.5) is 10.7 Å². The lowest BCUT2D eigenvalue weighted by atomic mass is 10.00. The Morgan fingerprint density at radius 2 is 2.12 bits per heavy atom. The van der Waals surface area contributed by atoms with E-state index in [0.29, 0.717) is 53.1 Å². The summed E-state index contributed by atoms with van der Waals surface area (Å²) in [5, 5.41) is 20.5. The molecule has 6 nitrogen and oxygen atoms in total. The van der Waals surface area contributed by atoms with Crippen LogP contribution < -0.4 is 10.6 Å². The van der Waals surface area contributed by atoms with Crippen LogP contribution in [0.25, 0.3) is 0 Å². The number of carboxylic acids is 1. The van der Waals surface area contributed by atoms with Crippen LogP contribution in [0.5, 0.6) is 0 Å². The summed E-state index contributed by atoms with van der Waals surface area (Å²) in [5.41, 5.74) is 8.12. The average Bonchev–Trinajstić information content (AvgIpc) is 2.96. The lowest BCUT2D eigenvalue weighted by Crippen LogP contribution is -2.36. The van der Waals surface area contributed by atoms with Gasteiger partial charge in [-0.2, -0.15) is 5.26 Å². The number of carboxylic acid groups (broad SMARTS) is 1. The van der Waals surface area contributed by atoms with Gasteiger partial charge in [0, 0.05) is 35.8 Å². The van der Waals surface area contributed by atoms with Gasteiger partial charge in [0.25, 0.3) is 0 Å². The molecule has 0 saturated carbocycles. The SMILES string of the molecule is Cl.N#Cc1c(N2CCOCC2)sc(C(=O)O)c1Cc1ccc(Cl)cc1N. The van der Waals surface area contributed by atoms with Crippen molar-refractivity contribution in [2.45, 2.75) is 6.42 Å². The minimum Gasteiger partial charge on any atom is -0.477 e. The fraction of sp³-hybridized carbons (Fsp3) is 0.294. The number of nitrogen functional groups attached to an aromatic ring is 1. The lowest BCUT2D eigenvalue weighted by molar-refractivity contribution is 0.0701. The number of ether oxygens (including phenoxy) is 1. The van der Waals surface area contributed by atoms with Crippen LogP contribution in [0.3, 0.4) is 0 Å². The molecule has 0 spiro atoms. The molecule has 0 bridgehead atoms. The van der Waals surface area contributed by atoms with E-state index in [1.807, 2.05) is 4.90 Å². The summed E-state index contributed by atoms with van der Waals surface area (Å²) in [6.45, 7) is 2.39. The zero-order valence-electron chi connectivity index (χ0n) is 13.7. The molecular weight excluding hydrogens is 397 g/mol. The molecule has 0 aliphatic carbocycles. The molecule has 9 heteroatoms. The predicted molar refractivity (Wildman–Crippen MR) is 105 cm³/mol. The summed E-state index contributed by atoms with van der Waals surface area (Å²) >= 11 is 7.06. The zero-order valence-corrected chi connectivity index (χ0v) is 16.1. The molecule has 0 radical (unpaired) electrons. The van der Waals surface area contributed by atoms with Crippen molar-refractivity contribution >= 4 is 52.0 Å². The van der Waals surface area contributed by atoms with E-state index < -0.39 is 5.97 Å². The van der Waals surface area contributed by atoms with Crippen LogP contribution >= 0.6 is 35.3 Å². The monoisotopic (exact) mass is 413 g/mol. The van der Waals surface area contributed by atoms with E-state index in [1.165, 1.54) is 0 Å². The first-order valence-corrected chi connectivity index (χ1v) is 8.86. The van der Waals surface area contributed by atoms with Gasteiger partial charge in [-0.15, -0.1) is 23.7 Å². The minimum absolute atomic E-state index is 0. The van der Waals surface area contributed by atoms with Gasteiger partial charge < -0.3 is 20.5 Å². The Hall–Kier alpha value is -1.98. The number of rotatable bonds is 4. The van der Waals surface area contributed by atoms with E-state index >= 15 is 0 Å². The smallest absolute Gasteiger partial charge is 0.346 e. The second-order valence-electron chi connectivity index (χ2n) is 5.63. The number of halogens is 2. The first-order chi connectivity index (χ1) is 12.0. The van der Waals surface area contributed by atoms with E-state index in [1.54, 1.807) is 18.2 Å². The fourth-order valence-electron chi connectivity index (χ4n) is 2.81. The summed E-state index contributed by atoms with van der Waals surface area (Å²) < 4.78 is 5.34. The molecule has 26 heavy (non-hydrogen) atoms. The number of benzene rings is 1. The van der Waals surface area contributed by atoms with E-state index in [9.17, 15) is 15.2 Å². The second kappa shape index (κ2) is 8.60. The molecule has 1 aromatic carbocycles. The van der Waals surface area contributed by atoms with Gasteiger partial charge in [-0.3, -0.25) is 0 Å². The highest BCUT2D eigenvalue weighted by Crippen LogP contribution is 2.38. The first-order valence-electron chi connectivity index (χ1n) is 7.67. The number of carbonyl (C=O) groups is 1. The third kappa shape index (κ3) is 4.05. The van der Waals surface area contributed by atoms with Crippen LogP contribution in [0, 0.1) is 11.3 Å². The summed E-state index contributed by atoms with van der Waals surface area (Å²) in [7, 11) is 0.